The van der Waals surface area contributed by atoms with Crippen molar-refractivity contribution < 1.29 is 13.9 Å². The molecule has 1 aliphatic carbocycles. The second-order valence-electron chi connectivity index (χ2n) is 8.01. The maximum atomic E-state index is 12.8. The van der Waals surface area contributed by atoms with Crippen molar-refractivity contribution in [2.45, 2.75) is 51.5 Å². The number of aryl methyl sites for hydroxylation is 3. The molecule has 2 aromatic rings. The Morgan fingerprint density at radius 3 is 2.72 bits per heavy atom. The van der Waals surface area contributed by atoms with Gasteiger partial charge in [-0.3, -0.25) is 4.79 Å². The number of carbonyl (C=O) groups is 1. The average molecular weight is 396 g/mol. The lowest BCUT2D eigenvalue weighted by Gasteiger charge is -2.22. The Hall–Kier alpha value is -2.60. The number of methoxy groups -OCH3 is 1. The van der Waals surface area contributed by atoms with Crippen LogP contribution in [0.4, 0.5) is 0 Å². The van der Waals surface area contributed by atoms with Gasteiger partial charge in [-0.1, -0.05) is 6.07 Å². The Kier molecular flexibility index (Phi) is 5.72. The summed E-state index contributed by atoms with van der Waals surface area (Å²) < 4.78 is 11.0. The number of carbonyl (C=O) groups excluding carboxylic acids is 1. The van der Waals surface area contributed by atoms with Crippen LogP contribution in [-0.2, 0) is 19.4 Å². The lowest BCUT2D eigenvalue weighted by molar-refractivity contribution is 0.0945. The predicted molar refractivity (Wildman–Crippen MR) is 111 cm³/mol. The van der Waals surface area contributed by atoms with Gasteiger partial charge in [0, 0.05) is 24.6 Å². The van der Waals surface area contributed by atoms with Gasteiger partial charge in [0.05, 0.1) is 7.11 Å². The molecule has 29 heavy (non-hydrogen) atoms. The molecule has 1 aromatic heterocycles. The first-order chi connectivity index (χ1) is 14.1. The van der Waals surface area contributed by atoms with Gasteiger partial charge in [0.2, 0.25) is 0 Å². The molecule has 1 aliphatic heterocycles. The number of hydrogen-bond donors (Lipinski definition) is 2. The van der Waals surface area contributed by atoms with Gasteiger partial charge in [0.25, 0.3) is 5.91 Å². The molecule has 6 heteroatoms. The van der Waals surface area contributed by atoms with E-state index in [1.165, 1.54) is 11.1 Å². The van der Waals surface area contributed by atoms with E-state index in [2.05, 4.69) is 22.8 Å². The average Bonchev–Trinajstić information content (AvgIpc) is 3.19. The fourth-order valence-corrected chi connectivity index (χ4v) is 4.45. The van der Waals surface area contributed by atoms with Crippen molar-refractivity contribution in [1.82, 2.24) is 10.6 Å². The van der Waals surface area contributed by atoms with Crippen molar-refractivity contribution in [2.24, 2.45) is 0 Å². The van der Waals surface area contributed by atoms with E-state index < -0.39 is 11.5 Å². The molecule has 2 heterocycles. The van der Waals surface area contributed by atoms with Crippen LogP contribution >= 0.6 is 0 Å². The monoisotopic (exact) mass is 396 g/mol. The molecule has 1 amide bonds. The van der Waals surface area contributed by atoms with Gasteiger partial charge in [-0.25, -0.2) is 4.79 Å². The minimum absolute atomic E-state index is 0.0812. The predicted octanol–water partition coefficient (Wildman–Crippen LogP) is 2.84. The molecule has 4 rings (SSSR count). The molecule has 0 radical (unpaired) electrons. The fourth-order valence-electron chi connectivity index (χ4n) is 4.45. The van der Waals surface area contributed by atoms with Gasteiger partial charge in [0.1, 0.15) is 17.1 Å². The second-order valence-corrected chi connectivity index (χ2v) is 8.01. The van der Waals surface area contributed by atoms with Crippen LogP contribution in [0.5, 0.6) is 5.75 Å². The SMILES string of the molecule is COc1cc2c(cc1CNC(=O)c1c(C)cc(C3CCCNC3)oc1=O)CCC2. The van der Waals surface area contributed by atoms with E-state index >= 15 is 0 Å². The lowest BCUT2D eigenvalue weighted by atomic mass is 9.95. The third-order valence-electron chi connectivity index (χ3n) is 6.03. The third kappa shape index (κ3) is 4.08. The van der Waals surface area contributed by atoms with Crippen molar-refractivity contribution in [3.05, 3.63) is 62.2 Å². The summed E-state index contributed by atoms with van der Waals surface area (Å²) in [5, 5.41) is 6.19. The zero-order chi connectivity index (χ0) is 20.4. The standard InChI is InChI=1S/C23H28N2O4/c1-14-9-20(17-7-4-8-24-12-17)29-23(27)21(14)22(26)25-13-18-10-15-5-3-6-16(15)11-19(18)28-2/h9-11,17,24H,3-8,12-13H2,1-2H3,(H,25,26). The molecule has 0 bridgehead atoms. The summed E-state index contributed by atoms with van der Waals surface area (Å²) in [5.74, 6) is 1.21. The van der Waals surface area contributed by atoms with Crippen LogP contribution in [0.15, 0.2) is 27.4 Å². The second kappa shape index (κ2) is 8.41. The quantitative estimate of drug-likeness (QED) is 0.812. The largest absolute Gasteiger partial charge is 0.496 e. The van der Waals surface area contributed by atoms with Crippen LogP contribution in [0.3, 0.4) is 0 Å². The number of benzene rings is 1. The Morgan fingerprint density at radius 2 is 2.03 bits per heavy atom. The van der Waals surface area contributed by atoms with Crippen LogP contribution in [-0.4, -0.2) is 26.1 Å². The van der Waals surface area contributed by atoms with Gasteiger partial charge < -0.3 is 19.8 Å². The number of amides is 1. The van der Waals surface area contributed by atoms with Crippen molar-refractivity contribution in [1.29, 1.82) is 0 Å². The van der Waals surface area contributed by atoms with Crippen LogP contribution in [0.2, 0.25) is 0 Å². The minimum atomic E-state index is -0.566. The van der Waals surface area contributed by atoms with E-state index in [0.29, 0.717) is 17.9 Å². The van der Waals surface area contributed by atoms with Crippen molar-refractivity contribution >= 4 is 5.91 Å². The summed E-state index contributed by atoms with van der Waals surface area (Å²) in [7, 11) is 1.64. The first-order valence-corrected chi connectivity index (χ1v) is 10.4. The first kappa shape index (κ1) is 19.7. The molecule has 1 aromatic carbocycles. The molecule has 6 nitrogen and oxygen atoms in total. The Bertz CT molecular complexity index is 974. The van der Waals surface area contributed by atoms with Gasteiger partial charge in [0.15, 0.2) is 0 Å². The summed E-state index contributed by atoms with van der Waals surface area (Å²) in [6.07, 6.45) is 5.32. The van der Waals surface area contributed by atoms with Crippen LogP contribution < -0.4 is 21.0 Å². The lowest BCUT2D eigenvalue weighted by Crippen LogP contribution is -2.31. The van der Waals surface area contributed by atoms with Crippen LogP contribution in [0.25, 0.3) is 0 Å². The van der Waals surface area contributed by atoms with Crippen LogP contribution in [0.1, 0.15) is 63.6 Å². The van der Waals surface area contributed by atoms with Gasteiger partial charge in [-0.15, -0.1) is 0 Å². The fraction of sp³-hybridized carbons (Fsp3) is 0.478. The van der Waals surface area contributed by atoms with E-state index in [0.717, 1.165) is 56.5 Å². The number of fused-ring (bicyclic) bond motifs is 1. The zero-order valence-electron chi connectivity index (χ0n) is 17.1. The molecular formula is C23H28N2O4. The highest BCUT2D eigenvalue weighted by atomic mass is 16.5. The molecule has 1 fully saturated rings. The van der Waals surface area contributed by atoms with Crippen LogP contribution in [0, 0.1) is 6.92 Å². The summed E-state index contributed by atoms with van der Waals surface area (Å²) in [4.78, 5) is 25.3. The summed E-state index contributed by atoms with van der Waals surface area (Å²) in [5.41, 5.74) is 3.73. The smallest absolute Gasteiger partial charge is 0.349 e. The highest BCUT2D eigenvalue weighted by Crippen LogP contribution is 2.30. The topological polar surface area (TPSA) is 80.6 Å². The first-order valence-electron chi connectivity index (χ1n) is 10.4. The van der Waals surface area contributed by atoms with E-state index in [9.17, 15) is 9.59 Å². The number of rotatable bonds is 5. The molecule has 1 unspecified atom stereocenters. The molecule has 0 saturated carbocycles. The Balaban J connectivity index is 1.51. The zero-order valence-corrected chi connectivity index (χ0v) is 17.1. The van der Waals surface area contributed by atoms with Gasteiger partial charge in [-0.05, 0) is 74.4 Å². The van der Waals surface area contributed by atoms with E-state index in [1.807, 2.05) is 6.07 Å². The van der Waals surface area contributed by atoms with Crippen molar-refractivity contribution in [3.8, 4) is 5.75 Å². The highest BCUT2D eigenvalue weighted by Gasteiger charge is 2.23. The molecular weight excluding hydrogens is 368 g/mol. The summed E-state index contributed by atoms with van der Waals surface area (Å²) in [6.45, 7) is 3.89. The molecule has 2 aliphatic rings. The Morgan fingerprint density at radius 1 is 1.24 bits per heavy atom. The van der Waals surface area contributed by atoms with E-state index in [1.54, 1.807) is 14.0 Å². The maximum Gasteiger partial charge on any atom is 0.349 e. The van der Waals surface area contributed by atoms with Gasteiger partial charge in [-0.2, -0.15) is 0 Å². The Labute approximate surface area is 170 Å². The molecule has 1 saturated heterocycles. The molecule has 154 valence electrons. The summed E-state index contributed by atoms with van der Waals surface area (Å²) in [6, 6.07) is 6.01. The number of piperidine rings is 1. The normalized spacial score (nSPS) is 18.3. The highest BCUT2D eigenvalue weighted by molar-refractivity contribution is 5.95. The maximum absolute atomic E-state index is 12.8. The molecule has 2 N–H and O–H groups in total. The molecule has 0 spiro atoms. The van der Waals surface area contributed by atoms with Crippen molar-refractivity contribution in [3.63, 3.8) is 0 Å². The van der Waals surface area contributed by atoms with Crippen molar-refractivity contribution in [2.75, 3.05) is 20.2 Å². The minimum Gasteiger partial charge on any atom is -0.496 e. The number of ether oxygens (including phenoxy) is 1. The third-order valence-corrected chi connectivity index (χ3v) is 6.03. The number of hydrogen-bond acceptors (Lipinski definition) is 5. The summed E-state index contributed by atoms with van der Waals surface area (Å²) >= 11 is 0. The van der Waals surface area contributed by atoms with E-state index in [4.69, 9.17) is 9.15 Å². The molecule has 1 atom stereocenters. The van der Waals surface area contributed by atoms with Gasteiger partial charge >= 0.3 is 5.63 Å². The van der Waals surface area contributed by atoms with E-state index in [-0.39, 0.29) is 11.5 Å². The number of nitrogens with one attached hydrogen (secondary N) is 2.